The third kappa shape index (κ3) is 7.27. The number of carboxylic acid groups (broad SMARTS) is 1. The lowest BCUT2D eigenvalue weighted by Crippen LogP contribution is -2.22. The van der Waals surface area contributed by atoms with Crippen LogP contribution in [-0.4, -0.2) is 31.0 Å². The van der Waals surface area contributed by atoms with Gasteiger partial charge in [0, 0.05) is 0 Å². The van der Waals surface area contributed by atoms with Crippen LogP contribution in [0.15, 0.2) is 0 Å². The quantitative estimate of drug-likeness (QED) is 0.561. The van der Waals surface area contributed by atoms with Crippen molar-refractivity contribution in [3.05, 3.63) is 0 Å². The largest absolute Gasteiger partial charge is 0.481 e. The van der Waals surface area contributed by atoms with Crippen molar-refractivity contribution in [1.82, 2.24) is 0 Å². The minimum absolute atomic E-state index is 0.00322. The van der Waals surface area contributed by atoms with Crippen LogP contribution in [0.3, 0.4) is 0 Å². The zero-order valence-electron chi connectivity index (χ0n) is 12.6. The minimum Gasteiger partial charge on any atom is -0.481 e. The third-order valence-electron chi connectivity index (χ3n) is 4.07. The second-order valence-corrected chi connectivity index (χ2v) is 8.47. The topological polar surface area (TPSA) is 71.4 Å². The Morgan fingerprint density at radius 3 is 2.10 bits per heavy atom. The van der Waals surface area contributed by atoms with Crippen molar-refractivity contribution in [1.29, 1.82) is 0 Å². The molecule has 0 aromatic heterocycles. The maximum Gasteiger partial charge on any atom is 0.303 e. The Morgan fingerprint density at radius 1 is 1.05 bits per heavy atom. The number of rotatable bonds is 12. The lowest BCUT2D eigenvalue weighted by molar-refractivity contribution is -0.138. The van der Waals surface area contributed by atoms with Crippen molar-refractivity contribution in [3.8, 4) is 0 Å². The van der Waals surface area contributed by atoms with Crippen LogP contribution in [0.4, 0.5) is 0 Å². The fourth-order valence-corrected chi connectivity index (χ4v) is 4.80. The fourth-order valence-electron chi connectivity index (χ4n) is 2.69. The van der Waals surface area contributed by atoms with E-state index in [1.54, 1.807) is 0 Å². The lowest BCUT2D eigenvalue weighted by Gasteiger charge is -2.12. The van der Waals surface area contributed by atoms with E-state index in [1.807, 2.05) is 0 Å². The summed E-state index contributed by atoms with van der Waals surface area (Å²) < 4.78 is 24.0. The third-order valence-corrected chi connectivity index (χ3v) is 6.03. The Hall–Kier alpha value is -0.580. The molecule has 4 nitrogen and oxygen atoms in total. The highest BCUT2D eigenvalue weighted by Crippen LogP contribution is 2.49. The van der Waals surface area contributed by atoms with Gasteiger partial charge in [0.05, 0.1) is 17.9 Å². The molecule has 0 aromatic rings. The van der Waals surface area contributed by atoms with Gasteiger partial charge in [-0.1, -0.05) is 45.4 Å². The molecule has 0 aliphatic heterocycles. The van der Waals surface area contributed by atoms with Crippen LogP contribution in [0.25, 0.3) is 0 Å². The maximum absolute atomic E-state index is 12.0. The van der Waals surface area contributed by atoms with Gasteiger partial charge in [-0.3, -0.25) is 4.79 Å². The summed E-state index contributed by atoms with van der Waals surface area (Å²) in [6.45, 7) is 2.18. The molecule has 0 aromatic carbocycles. The molecule has 0 saturated heterocycles. The molecule has 0 heterocycles. The van der Waals surface area contributed by atoms with Crippen LogP contribution in [0.1, 0.15) is 71.1 Å². The van der Waals surface area contributed by atoms with Gasteiger partial charge in [-0.25, -0.2) is 8.42 Å². The first-order chi connectivity index (χ1) is 9.39. The number of aliphatic carboxylic acids is 1. The molecular weight excluding hydrogens is 276 g/mol. The van der Waals surface area contributed by atoms with Crippen molar-refractivity contribution < 1.29 is 18.3 Å². The normalized spacial score (nSPS) is 17.1. The fraction of sp³-hybridized carbons (Fsp3) is 0.933. The standard InChI is InChI=1S/C15H28O4S/c1-2-3-4-5-6-7-8-11-20(18,19)13-15(9-10-15)12-14(16)17/h2-13H2,1H3,(H,16,17). The average molecular weight is 304 g/mol. The molecule has 0 atom stereocenters. The summed E-state index contributed by atoms with van der Waals surface area (Å²) in [6.07, 6.45) is 9.20. The monoisotopic (exact) mass is 304 g/mol. The van der Waals surface area contributed by atoms with Crippen LogP contribution in [0.2, 0.25) is 0 Å². The number of carboxylic acids is 1. The van der Waals surface area contributed by atoms with Gasteiger partial charge in [0.1, 0.15) is 0 Å². The highest BCUT2D eigenvalue weighted by atomic mass is 32.2. The molecule has 0 bridgehead atoms. The SMILES string of the molecule is CCCCCCCCCS(=O)(=O)CC1(CC(=O)O)CC1. The van der Waals surface area contributed by atoms with E-state index in [2.05, 4.69) is 6.92 Å². The lowest BCUT2D eigenvalue weighted by atomic mass is 10.1. The van der Waals surface area contributed by atoms with E-state index in [9.17, 15) is 13.2 Å². The molecule has 20 heavy (non-hydrogen) atoms. The number of sulfone groups is 1. The van der Waals surface area contributed by atoms with Crippen LogP contribution in [-0.2, 0) is 14.6 Å². The van der Waals surface area contributed by atoms with Crippen LogP contribution >= 0.6 is 0 Å². The Labute approximate surface area is 122 Å². The highest BCUT2D eigenvalue weighted by molar-refractivity contribution is 7.91. The van der Waals surface area contributed by atoms with Crippen LogP contribution in [0.5, 0.6) is 0 Å². The summed E-state index contributed by atoms with van der Waals surface area (Å²) in [5, 5.41) is 8.81. The average Bonchev–Trinajstić information content (AvgIpc) is 3.05. The molecule has 1 rings (SSSR count). The van der Waals surface area contributed by atoms with Gasteiger partial charge in [0.15, 0.2) is 9.84 Å². The van der Waals surface area contributed by atoms with Crippen molar-refractivity contribution in [2.45, 2.75) is 71.1 Å². The van der Waals surface area contributed by atoms with E-state index >= 15 is 0 Å². The predicted molar refractivity (Wildman–Crippen MR) is 80.6 cm³/mol. The van der Waals surface area contributed by atoms with Crippen molar-refractivity contribution in [3.63, 3.8) is 0 Å². The van der Waals surface area contributed by atoms with E-state index in [0.717, 1.165) is 32.1 Å². The predicted octanol–water partition coefficient (Wildman–Crippen LogP) is 3.41. The first kappa shape index (κ1) is 17.5. The maximum atomic E-state index is 12.0. The van der Waals surface area contributed by atoms with Crippen molar-refractivity contribution in [2.75, 3.05) is 11.5 Å². The molecule has 0 amide bonds. The molecular formula is C15H28O4S. The minimum atomic E-state index is -3.08. The van der Waals surface area contributed by atoms with Gasteiger partial charge in [0.25, 0.3) is 0 Å². The molecule has 0 spiro atoms. The molecule has 1 fully saturated rings. The number of unbranched alkanes of at least 4 members (excludes halogenated alkanes) is 6. The van der Waals surface area contributed by atoms with Gasteiger partial charge >= 0.3 is 5.97 Å². The molecule has 1 aliphatic carbocycles. The van der Waals surface area contributed by atoms with E-state index in [1.165, 1.54) is 25.7 Å². The molecule has 0 unspecified atom stereocenters. The molecule has 1 aliphatic rings. The molecule has 118 valence electrons. The summed E-state index contributed by atoms with van der Waals surface area (Å²) in [4.78, 5) is 10.7. The zero-order chi connectivity index (χ0) is 15.1. The molecule has 0 radical (unpaired) electrons. The van der Waals surface area contributed by atoms with Gasteiger partial charge in [-0.05, 0) is 24.7 Å². The number of hydrogen-bond donors (Lipinski definition) is 1. The van der Waals surface area contributed by atoms with E-state index in [0.29, 0.717) is 0 Å². The summed E-state index contributed by atoms with van der Waals surface area (Å²) in [6, 6.07) is 0. The summed E-state index contributed by atoms with van der Waals surface area (Å²) in [5.41, 5.74) is -0.439. The second-order valence-electron chi connectivity index (χ2n) is 6.28. The van der Waals surface area contributed by atoms with Gasteiger partial charge in [-0.15, -0.1) is 0 Å². The first-order valence-corrected chi connectivity index (χ1v) is 9.63. The van der Waals surface area contributed by atoms with E-state index < -0.39 is 21.2 Å². The molecule has 1 N–H and O–H groups in total. The summed E-state index contributed by atoms with van der Waals surface area (Å²) in [5.74, 6) is -0.585. The number of carbonyl (C=O) groups is 1. The van der Waals surface area contributed by atoms with Gasteiger partial charge in [0.2, 0.25) is 0 Å². The zero-order valence-corrected chi connectivity index (χ0v) is 13.4. The smallest absolute Gasteiger partial charge is 0.303 e. The Kier molecular flexibility index (Phi) is 7.00. The van der Waals surface area contributed by atoms with E-state index in [4.69, 9.17) is 5.11 Å². The molecule has 1 saturated carbocycles. The van der Waals surface area contributed by atoms with Gasteiger partial charge in [-0.2, -0.15) is 0 Å². The summed E-state index contributed by atoms with van der Waals surface area (Å²) >= 11 is 0. The van der Waals surface area contributed by atoms with E-state index in [-0.39, 0.29) is 17.9 Å². The van der Waals surface area contributed by atoms with Crippen LogP contribution in [0, 0.1) is 5.41 Å². The second kappa shape index (κ2) is 8.01. The number of hydrogen-bond acceptors (Lipinski definition) is 3. The Morgan fingerprint density at radius 2 is 1.60 bits per heavy atom. The highest BCUT2D eigenvalue weighted by Gasteiger charge is 2.47. The molecule has 5 heteroatoms. The first-order valence-electron chi connectivity index (χ1n) is 7.81. The Bertz CT molecular complexity index is 396. The van der Waals surface area contributed by atoms with Crippen LogP contribution < -0.4 is 0 Å². The van der Waals surface area contributed by atoms with Crippen molar-refractivity contribution in [2.24, 2.45) is 5.41 Å². The Balaban J connectivity index is 2.17. The van der Waals surface area contributed by atoms with Crippen molar-refractivity contribution >= 4 is 15.8 Å². The van der Waals surface area contributed by atoms with Gasteiger partial charge < -0.3 is 5.11 Å². The summed E-state index contributed by atoms with van der Waals surface area (Å²) in [7, 11) is -3.08.